The van der Waals surface area contributed by atoms with E-state index in [2.05, 4.69) is 34.6 Å². The number of rotatable bonds is 6. The van der Waals surface area contributed by atoms with Gasteiger partial charge < -0.3 is 0 Å². The van der Waals surface area contributed by atoms with Gasteiger partial charge in [-0.2, -0.15) is 0 Å². The van der Waals surface area contributed by atoms with E-state index < -0.39 is 0 Å². The van der Waals surface area contributed by atoms with Crippen LogP contribution in [-0.2, 0) is 0 Å². The Balaban J connectivity index is 1.90. The average molecular weight is 222 g/mol. The maximum Gasteiger partial charge on any atom is -0.0207 e. The summed E-state index contributed by atoms with van der Waals surface area (Å²) >= 11 is 0. The van der Waals surface area contributed by atoms with Crippen molar-refractivity contribution in [2.45, 2.75) is 73.1 Å². The molecule has 94 valence electrons. The molecule has 4 atom stereocenters. The van der Waals surface area contributed by atoms with Crippen LogP contribution in [0.25, 0.3) is 0 Å². The largest absolute Gasteiger partial charge is 0.0654 e. The van der Waals surface area contributed by atoms with E-state index in [4.69, 9.17) is 0 Å². The molecular weight excluding hydrogens is 192 g/mol. The van der Waals surface area contributed by atoms with Crippen LogP contribution < -0.4 is 0 Å². The lowest BCUT2D eigenvalue weighted by molar-refractivity contribution is 0.341. The number of hydrogen-bond donors (Lipinski definition) is 0. The third-order valence-electron chi connectivity index (χ3n) is 6.21. The minimum Gasteiger partial charge on any atom is -0.0654 e. The Kier molecular flexibility index (Phi) is 3.14. The van der Waals surface area contributed by atoms with Crippen molar-refractivity contribution < 1.29 is 0 Å². The lowest BCUT2D eigenvalue weighted by Gasteiger charge is -2.14. The molecule has 4 unspecified atom stereocenters. The van der Waals surface area contributed by atoms with Crippen molar-refractivity contribution in [3.63, 3.8) is 0 Å². The second-order valence-electron chi connectivity index (χ2n) is 7.06. The normalized spacial score (nSPS) is 44.4. The van der Waals surface area contributed by atoms with E-state index in [1.54, 1.807) is 0 Å². The maximum atomic E-state index is 2.59. The van der Waals surface area contributed by atoms with Gasteiger partial charge in [-0.3, -0.25) is 0 Å². The molecule has 2 fully saturated rings. The number of hydrogen-bond acceptors (Lipinski definition) is 0. The van der Waals surface area contributed by atoms with E-state index >= 15 is 0 Å². The fourth-order valence-electron chi connectivity index (χ4n) is 4.57. The standard InChI is InChI=1S/C16H30/c1-6-8-9-10-14-15(3,4)16(14,5)13-11-12(13)7-2/h12-14H,6-11H2,1-5H3. The smallest absolute Gasteiger partial charge is 0.0207 e. The molecule has 2 saturated carbocycles. The Morgan fingerprint density at radius 3 is 2.25 bits per heavy atom. The van der Waals surface area contributed by atoms with Crippen molar-refractivity contribution in [2.24, 2.45) is 28.6 Å². The van der Waals surface area contributed by atoms with Crippen molar-refractivity contribution in [1.82, 2.24) is 0 Å². The molecule has 0 aromatic carbocycles. The van der Waals surface area contributed by atoms with Gasteiger partial charge in [0, 0.05) is 0 Å². The van der Waals surface area contributed by atoms with E-state index in [1.807, 2.05) is 0 Å². The molecule has 2 aliphatic carbocycles. The lowest BCUT2D eigenvalue weighted by Crippen LogP contribution is -2.08. The van der Waals surface area contributed by atoms with Gasteiger partial charge in [-0.1, -0.05) is 60.3 Å². The molecule has 0 aromatic rings. The zero-order valence-electron chi connectivity index (χ0n) is 12.0. The van der Waals surface area contributed by atoms with Crippen LogP contribution in [0.15, 0.2) is 0 Å². The van der Waals surface area contributed by atoms with Crippen molar-refractivity contribution in [3.05, 3.63) is 0 Å². The van der Waals surface area contributed by atoms with Gasteiger partial charge in [-0.25, -0.2) is 0 Å². The topological polar surface area (TPSA) is 0 Å². The summed E-state index contributed by atoms with van der Waals surface area (Å²) in [6.45, 7) is 12.3. The Labute approximate surface area is 102 Å². The third kappa shape index (κ3) is 1.64. The van der Waals surface area contributed by atoms with Crippen LogP contribution in [0.2, 0.25) is 0 Å². The predicted molar refractivity (Wildman–Crippen MR) is 71.4 cm³/mol. The Morgan fingerprint density at radius 2 is 1.75 bits per heavy atom. The van der Waals surface area contributed by atoms with Crippen molar-refractivity contribution in [2.75, 3.05) is 0 Å². The molecule has 0 nitrogen and oxygen atoms in total. The highest BCUT2D eigenvalue weighted by Crippen LogP contribution is 2.79. The second-order valence-corrected chi connectivity index (χ2v) is 7.06. The predicted octanol–water partition coefficient (Wildman–Crippen LogP) is 5.28. The van der Waals surface area contributed by atoms with Crippen LogP contribution in [-0.4, -0.2) is 0 Å². The first-order valence-corrected chi connectivity index (χ1v) is 7.50. The first kappa shape index (κ1) is 12.5. The molecule has 0 radical (unpaired) electrons. The van der Waals surface area contributed by atoms with Gasteiger partial charge >= 0.3 is 0 Å². The zero-order valence-corrected chi connectivity index (χ0v) is 12.0. The summed E-state index contributed by atoms with van der Waals surface area (Å²) < 4.78 is 0. The van der Waals surface area contributed by atoms with Gasteiger partial charge in [-0.15, -0.1) is 0 Å². The highest BCUT2D eigenvalue weighted by Gasteiger charge is 2.73. The Morgan fingerprint density at radius 1 is 1.06 bits per heavy atom. The van der Waals surface area contributed by atoms with Gasteiger partial charge in [0.1, 0.15) is 0 Å². The van der Waals surface area contributed by atoms with Crippen LogP contribution in [0.3, 0.4) is 0 Å². The summed E-state index contributed by atoms with van der Waals surface area (Å²) in [5, 5.41) is 0. The molecule has 16 heavy (non-hydrogen) atoms. The molecule has 2 aliphatic rings. The van der Waals surface area contributed by atoms with Crippen LogP contribution in [0.4, 0.5) is 0 Å². The number of unbranched alkanes of at least 4 members (excludes halogenated alkanes) is 2. The van der Waals surface area contributed by atoms with Crippen LogP contribution >= 0.6 is 0 Å². The summed E-state index contributed by atoms with van der Waals surface area (Å²) in [5.74, 6) is 3.16. The Hall–Kier alpha value is 0. The van der Waals surface area contributed by atoms with Gasteiger partial charge in [0.15, 0.2) is 0 Å². The summed E-state index contributed by atoms with van der Waals surface area (Å²) in [6.07, 6.45) is 8.70. The van der Waals surface area contributed by atoms with E-state index in [0.29, 0.717) is 10.8 Å². The van der Waals surface area contributed by atoms with Crippen molar-refractivity contribution in [3.8, 4) is 0 Å². The van der Waals surface area contributed by atoms with Crippen molar-refractivity contribution in [1.29, 1.82) is 0 Å². The monoisotopic (exact) mass is 222 g/mol. The van der Waals surface area contributed by atoms with Gasteiger partial charge in [0.2, 0.25) is 0 Å². The highest BCUT2D eigenvalue weighted by molar-refractivity contribution is 5.21. The van der Waals surface area contributed by atoms with Gasteiger partial charge in [0.25, 0.3) is 0 Å². The van der Waals surface area contributed by atoms with Crippen LogP contribution in [0, 0.1) is 28.6 Å². The molecule has 0 amide bonds. The molecule has 0 N–H and O–H groups in total. The molecule has 0 aliphatic heterocycles. The first-order chi connectivity index (χ1) is 7.50. The molecular formula is C16H30. The molecule has 2 rings (SSSR count). The van der Waals surface area contributed by atoms with E-state index in [9.17, 15) is 0 Å². The summed E-state index contributed by atoms with van der Waals surface area (Å²) in [4.78, 5) is 0. The minimum atomic E-state index is 0.634. The summed E-state index contributed by atoms with van der Waals surface area (Å²) in [6, 6.07) is 0. The SMILES string of the molecule is CCCCCC1C(C)(C)C1(C)C1CC1CC. The fraction of sp³-hybridized carbons (Fsp3) is 1.00. The van der Waals surface area contributed by atoms with Gasteiger partial charge in [0.05, 0.1) is 0 Å². The summed E-state index contributed by atoms with van der Waals surface area (Å²) in [5.41, 5.74) is 1.33. The molecule has 0 aromatic heterocycles. The van der Waals surface area contributed by atoms with E-state index in [1.165, 1.54) is 38.5 Å². The minimum absolute atomic E-state index is 0.634. The van der Waals surface area contributed by atoms with Crippen LogP contribution in [0.5, 0.6) is 0 Å². The molecule has 0 heteroatoms. The van der Waals surface area contributed by atoms with Gasteiger partial charge in [-0.05, 0) is 41.4 Å². The summed E-state index contributed by atoms with van der Waals surface area (Å²) in [7, 11) is 0. The fourth-order valence-corrected chi connectivity index (χ4v) is 4.57. The first-order valence-electron chi connectivity index (χ1n) is 7.50. The maximum absolute atomic E-state index is 2.59. The molecule has 0 bridgehead atoms. The Bertz CT molecular complexity index is 253. The molecule has 0 spiro atoms. The van der Waals surface area contributed by atoms with E-state index in [-0.39, 0.29) is 0 Å². The van der Waals surface area contributed by atoms with Crippen molar-refractivity contribution >= 4 is 0 Å². The quantitative estimate of drug-likeness (QED) is 0.537. The lowest BCUT2D eigenvalue weighted by atomic mass is 9.90. The average Bonchev–Trinajstić information content (AvgIpc) is 3.09. The van der Waals surface area contributed by atoms with E-state index in [0.717, 1.165) is 17.8 Å². The second kappa shape index (κ2) is 4.03. The zero-order chi connectivity index (χ0) is 12.0. The molecule has 0 saturated heterocycles. The third-order valence-corrected chi connectivity index (χ3v) is 6.21. The molecule has 0 heterocycles. The highest BCUT2D eigenvalue weighted by atomic mass is 14.8. The van der Waals surface area contributed by atoms with Crippen LogP contribution in [0.1, 0.15) is 73.1 Å².